The monoisotopic (exact) mass is 249 g/mol. The summed E-state index contributed by atoms with van der Waals surface area (Å²) in [6.07, 6.45) is 7.72. The Hall–Kier alpha value is -1.36. The molecule has 98 valence electrons. The van der Waals surface area contributed by atoms with Crippen molar-refractivity contribution in [3.63, 3.8) is 0 Å². The van der Waals surface area contributed by atoms with Gasteiger partial charge in [0, 0.05) is 18.7 Å². The van der Waals surface area contributed by atoms with Gasteiger partial charge in [-0.1, -0.05) is 6.42 Å². The van der Waals surface area contributed by atoms with Gasteiger partial charge in [-0.05, 0) is 31.6 Å². The molecule has 2 heterocycles. The molecule has 0 spiro atoms. The van der Waals surface area contributed by atoms with Crippen LogP contribution >= 0.6 is 0 Å². The summed E-state index contributed by atoms with van der Waals surface area (Å²) in [5.41, 5.74) is 1.71. The average molecular weight is 249 g/mol. The number of aromatic amines is 1. The molecule has 2 fully saturated rings. The summed E-state index contributed by atoms with van der Waals surface area (Å²) in [5, 5.41) is 9.77. The molecule has 1 aromatic rings. The first-order valence-corrected chi connectivity index (χ1v) is 6.77. The van der Waals surface area contributed by atoms with Gasteiger partial charge < -0.3 is 10.1 Å². The number of carbonyl (C=O) groups is 1. The second kappa shape index (κ2) is 5.10. The molecular weight excluding hydrogens is 230 g/mol. The maximum Gasteiger partial charge on any atom is 0.269 e. The fraction of sp³-hybridized carbons (Fsp3) is 0.692. The number of carbonyl (C=O) groups excluding carboxylic acids is 1. The molecule has 3 rings (SSSR count). The van der Waals surface area contributed by atoms with Crippen LogP contribution in [0.2, 0.25) is 0 Å². The number of nitrogens with zero attached hydrogens (tertiary/aromatic N) is 1. The highest BCUT2D eigenvalue weighted by molar-refractivity contribution is 5.93. The Morgan fingerprint density at radius 1 is 1.44 bits per heavy atom. The first-order valence-electron chi connectivity index (χ1n) is 6.77. The van der Waals surface area contributed by atoms with Crippen molar-refractivity contribution >= 4 is 5.91 Å². The minimum Gasteiger partial charge on any atom is -0.376 e. The summed E-state index contributed by atoms with van der Waals surface area (Å²) >= 11 is 0. The summed E-state index contributed by atoms with van der Waals surface area (Å²) in [6, 6.07) is 0. The Balaban J connectivity index is 1.59. The van der Waals surface area contributed by atoms with E-state index in [9.17, 15) is 4.79 Å². The molecule has 1 aliphatic heterocycles. The van der Waals surface area contributed by atoms with E-state index in [1.165, 1.54) is 19.3 Å². The van der Waals surface area contributed by atoms with E-state index in [4.69, 9.17) is 4.74 Å². The van der Waals surface area contributed by atoms with Gasteiger partial charge in [0.05, 0.1) is 12.3 Å². The Labute approximate surface area is 106 Å². The molecule has 1 unspecified atom stereocenters. The highest BCUT2D eigenvalue weighted by atomic mass is 16.5. The van der Waals surface area contributed by atoms with E-state index in [-0.39, 0.29) is 12.0 Å². The maximum atomic E-state index is 12.1. The number of ether oxygens (including phenoxy) is 1. The van der Waals surface area contributed by atoms with Crippen LogP contribution in [-0.4, -0.2) is 35.4 Å². The second-order valence-electron chi connectivity index (χ2n) is 5.17. The first kappa shape index (κ1) is 11.7. The lowest BCUT2D eigenvalue weighted by Crippen LogP contribution is -2.32. The number of rotatable bonds is 4. The van der Waals surface area contributed by atoms with Crippen LogP contribution in [0.4, 0.5) is 0 Å². The van der Waals surface area contributed by atoms with Crippen LogP contribution in [-0.2, 0) is 4.74 Å². The molecular formula is C13H19N3O2. The van der Waals surface area contributed by atoms with Gasteiger partial charge in [0.25, 0.3) is 5.91 Å². The number of nitrogens with one attached hydrogen (secondary N) is 2. The van der Waals surface area contributed by atoms with Gasteiger partial charge in [-0.3, -0.25) is 9.89 Å². The predicted octanol–water partition coefficient (Wildman–Crippen LogP) is 1.59. The zero-order valence-corrected chi connectivity index (χ0v) is 10.4. The van der Waals surface area contributed by atoms with Crippen molar-refractivity contribution in [2.45, 2.75) is 44.1 Å². The molecule has 2 N–H and O–H groups in total. The van der Waals surface area contributed by atoms with Crippen molar-refractivity contribution in [1.82, 2.24) is 15.5 Å². The lowest BCUT2D eigenvalue weighted by Gasteiger charge is -2.25. The molecule has 1 saturated carbocycles. The second-order valence-corrected chi connectivity index (χ2v) is 5.17. The molecule has 0 radical (unpaired) electrons. The van der Waals surface area contributed by atoms with E-state index < -0.39 is 0 Å². The number of H-pyrrole nitrogens is 1. The lowest BCUT2D eigenvalue weighted by atomic mass is 9.80. The molecule has 0 bridgehead atoms. The minimum atomic E-state index is -0.0510. The number of hydrogen-bond donors (Lipinski definition) is 2. The van der Waals surface area contributed by atoms with Crippen molar-refractivity contribution in [2.75, 3.05) is 13.2 Å². The van der Waals surface area contributed by atoms with Crippen LogP contribution in [0.5, 0.6) is 0 Å². The van der Waals surface area contributed by atoms with E-state index in [2.05, 4.69) is 15.5 Å². The van der Waals surface area contributed by atoms with Crippen molar-refractivity contribution in [2.24, 2.45) is 0 Å². The zero-order chi connectivity index (χ0) is 12.4. The number of hydrogen-bond acceptors (Lipinski definition) is 3. The minimum absolute atomic E-state index is 0.0510. The number of aromatic nitrogens is 2. The van der Waals surface area contributed by atoms with Gasteiger partial charge in [-0.2, -0.15) is 5.10 Å². The van der Waals surface area contributed by atoms with Crippen molar-refractivity contribution in [3.05, 3.63) is 17.5 Å². The smallest absolute Gasteiger partial charge is 0.269 e. The highest BCUT2D eigenvalue weighted by Gasteiger charge is 2.26. The molecule has 1 aliphatic carbocycles. The van der Waals surface area contributed by atoms with Crippen LogP contribution in [0.3, 0.4) is 0 Å². The Kier molecular flexibility index (Phi) is 3.32. The van der Waals surface area contributed by atoms with E-state index in [1.54, 1.807) is 6.20 Å². The van der Waals surface area contributed by atoms with Crippen LogP contribution < -0.4 is 5.32 Å². The van der Waals surface area contributed by atoms with Crippen LogP contribution in [0.15, 0.2) is 6.20 Å². The standard InChI is InChI=1S/C13H19N3O2/c17-13(14-7-10-5-2-6-18-10)12-11(8-15-16-12)9-3-1-4-9/h8-10H,1-7H2,(H,14,17)(H,15,16). The number of amides is 1. The summed E-state index contributed by atoms with van der Waals surface area (Å²) in [6.45, 7) is 1.42. The predicted molar refractivity (Wildman–Crippen MR) is 66.5 cm³/mol. The Morgan fingerprint density at radius 3 is 3.00 bits per heavy atom. The first-order chi connectivity index (χ1) is 8.84. The lowest BCUT2D eigenvalue weighted by molar-refractivity contribution is 0.0852. The van der Waals surface area contributed by atoms with Crippen LogP contribution in [0.25, 0.3) is 0 Å². The Bertz CT molecular complexity index is 420. The topological polar surface area (TPSA) is 67.0 Å². The molecule has 5 nitrogen and oxygen atoms in total. The summed E-state index contributed by atoms with van der Waals surface area (Å²) in [5.74, 6) is 0.470. The van der Waals surface area contributed by atoms with Gasteiger partial charge in [0.15, 0.2) is 0 Å². The van der Waals surface area contributed by atoms with Crippen molar-refractivity contribution in [3.8, 4) is 0 Å². The van der Waals surface area contributed by atoms with E-state index in [0.29, 0.717) is 18.2 Å². The quantitative estimate of drug-likeness (QED) is 0.851. The van der Waals surface area contributed by atoms with E-state index >= 15 is 0 Å². The molecule has 0 aromatic carbocycles. The molecule has 1 aromatic heterocycles. The van der Waals surface area contributed by atoms with Gasteiger partial charge in [0.2, 0.25) is 0 Å². The third-order valence-electron chi connectivity index (χ3n) is 3.96. The van der Waals surface area contributed by atoms with Crippen molar-refractivity contribution < 1.29 is 9.53 Å². The van der Waals surface area contributed by atoms with Gasteiger partial charge in [-0.25, -0.2) is 0 Å². The highest BCUT2D eigenvalue weighted by Crippen LogP contribution is 2.37. The molecule has 1 amide bonds. The van der Waals surface area contributed by atoms with E-state index in [0.717, 1.165) is 25.0 Å². The van der Waals surface area contributed by atoms with Gasteiger partial charge in [-0.15, -0.1) is 0 Å². The maximum absolute atomic E-state index is 12.1. The fourth-order valence-electron chi connectivity index (χ4n) is 2.61. The van der Waals surface area contributed by atoms with Crippen LogP contribution in [0.1, 0.15) is 54.1 Å². The van der Waals surface area contributed by atoms with Crippen LogP contribution in [0, 0.1) is 0 Å². The third kappa shape index (κ3) is 2.27. The average Bonchev–Trinajstić information content (AvgIpc) is 2.94. The largest absolute Gasteiger partial charge is 0.376 e. The fourth-order valence-corrected chi connectivity index (χ4v) is 2.61. The van der Waals surface area contributed by atoms with E-state index in [1.807, 2.05) is 0 Å². The third-order valence-corrected chi connectivity index (χ3v) is 3.96. The molecule has 5 heteroatoms. The van der Waals surface area contributed by atoms with Gasteiger partial charge in [0.1, 0.15) is 5.69 Å². The SMILES string of the molecule is O=C(NCC1CCCO1)c1[nH]ncc1C1CCC1. The van der Waals surface area contributed by atoms with Crippen molar-refractivity contribution in [1.29, 1.82) is 0 Å². The summed E-state index contributed by atoms with van der Waals surface area (Å²) in [7, 11) is 0. The molecule has 2 aliphatic rings. The normalized spacial score (nSPS) is 23.9. The molecule has 18 heavy (non-hydrogen) atoms. The summed E-state index contributed by atoms with van der Waals surface area (Å²) < 4.78 is 5.49. The van der Waals surface area contributed by atoms with Gasteiger partial charge >= 0.3 is 0 Å². The molecule has 1 atom stereocenters. The zero-order valence-electron chi connectivity index (χ0n) is 10.4. The Morgan fingerprint density at radius 2 is 2.33 bits per heavy atom. The molecule has 1 saturated heterocycles. The summed E-state index contributed by atoms with van der Waals surface area (Å²) in [4.78, 5) is 12.1.